The quantitative estimate of drug-likeness (QED) is 0.857. The lowest BCUT2D eigenvalue weighted by atomic mass is 10.3. The molecule has 1 aromatic rings. The van der Waals surface area contributed by atoms with Gasteiger partial charge >= 0.3 is 0 Å². The van der Waals surface area contributed by atoms with Crippen LogP contribution in [0.25, 0.3) is 0 Å². The first-order valence-corrected chi connectivity index (χ1v) is 5.79. The number of benzene rings is 1. The minimum atomic E-state index is 0.301. The zero-order valence-corrected chi connectivity index (χ0v) is 11.1. The van der Waals surface area contributed by atoms with Crippen LogP contribution in [0.2, 0.25) is 5.02 Å². The molecule has 0 saturated carbocycles. The van der Waals surface area contributed by atoms with Crippen LogP contribution in [0.15, 0.2) is 18.2 Å². The van der Waals surface area contributed by atoms with Crippen LogP contribution in [-0.4, -0.2) is 19.8 Å². The van der Waals surface area contributed by atoms with E-state index in [0.717, 1.165) is 14.3 Å². The van der Waals surface area contributed by atoms with Gasteiger partial charge in [-0.15, -0.1) is 0 Å². The van der Waals surface area contributed by atoms with Gasteiger partial charge in [0.25, 0.3) is 0 Å². The molecule has 1 N–H and O–H groups in total. The summed E-state index contributed by atoms with van der Waals surface area (Å²) in [7, 11) is 1.70. The van der Waals surface area contributed by atoms with Gasteiger partial charge in [-0.3, -0.25) is 0 Å². The Balaban J connectivity index is 2.67. The predicted octanol–water partition coefficient (Wildman–Crippen LogP) is 3.39. The second-order valence-electron chi connectivity index (χ2n) is 3.12. The average Bonchev–Trinajstić information content (AvgIpc) is 2.10. The molecule has 0 aliphatic heterocycles. The molecule has 0 aliphatic carbocycles. The van der Waals surface area contributed by atoms with Crippen molar-refractivity contribution in [3.05, 3.63) is 26.8 Å². The highest BCUT2D eigenvalue weighted by Crippen LogP contribution is 2.22. The molecule has 0 saturated heterocycles. The smallest absolute Gasteiger partial charge is 0.0661 e. The van der Waals surface area contributed by atoms with Crippen molar-refractivity contribution in [3.8, 4) is 0 Å². The molecular weight excluding hydrogens is 312 g/mol. The van der Waals surface area contributed by atoms with Gasteiger partial charge in [-0.1, -0.05) is 11.6 Å². The Hall–Kier alpha value is -0.000000000000000111. The van der Waals surface area contributed by atoms with Gasteiger partial charge in [0.15, 0.2) is 0 Å². The third kappa shape index (κ3) is 3.63. The normalized spacial score (nSPS) is 12.6. The van der Waals surface area contributed by atoms with E-state index in [2.05, 4.69) is 34.8 Å². The fourth-order valence-corrected chi connectivity index (χ4v) is 2.19. The molecule has 0 bridgehead atoms. The maximum atomic E-state index is 5.86. The first-order valence-electron chi connectivity index (χ1n) is 4.34. The van der Waals surface area contributed by atoms with Crippen molar-refractivity contribution in [3.63, 3.8) is 0 Å². The number of methoxy groups -OCH3 is 1. The van der Waals surface area contributed by atoms with Gasteiger partial charge in [0.05, 0.1) is 6.61 Å². The standard InChI is InChI=1S/C10H13ClINO/c1-7(6-14-2)13-10-4-3-8(11)5-9(10)12/h3-5,7,13H,6H2,1-2H3. The molecule has 1 unspecified atom stereocenters. The SMILES string of the molecule is COCC(C)Nc1ccc(Cl)cc1I. The number of ether oxygens (including phenoxy) is 1. The molecule has 1 atom stereocenters. The van der Waals surface area contributed by atoms with Gasteiger partial charge in [-0.2, -0.15) is 0 Å². The molecule has 78 valence electrons. The van der Waals surface area contributed by atoms with E-state index in [-0.39, 0.29) is 0 Å². The van der Waals surface area contributed by atoms with E-state index in [9.17, 15) is 0 Å². The minimum absolute atomic E-state index is 0.301. The zero-order valence-electron chi connectivity index (χ0n) is 8.18. The number of rotatable bonds is 4. The lowest BCUT2D eigenvalue weighted by Gasteiger charge is -2.15. The number of hydrogen-bond acceptors (Lipinski definition) is 2. The van der Waals surface area contributed by atoms with Crippen molar-refractivity contribution in [2.75, 3.05) is 19.0 Å². The molecule has 0 aromatic heterocycles. The Morgan fingerprint density at radius 3 is 2.86 bits per heavy atom. The van der Waals surface area contributed by atoms with Gasteiger partial charge < -0.3 is 10.1 Å². The second kappa shape index (κ2) is 5.78. The van der Waals surface area contributed by atoms with E-state index in [0.29, 0.717) is 12.6 Å². The Morgan fingerprint density at radius 2 is 2.29 bits per heavy atom. The summed E-state index contributed by atoms with van der Waals surface area (Å²) in [6, 6.07) is 6.10. The van der Waals surface area contributed by atoms with Gasteiger partial charge in [0.1, 0.15) is 0 Å². The van der Waals surface area contributed by atoms with Crippen LogP contribution in [0.5, 0.6) is 0 Å². The molecule has 2 nitrogen and oxygen atoms in total. The summed E-state index contributed by atoms with van der Waals surface area (Å²) in [5, 5.41) is 4.11. The lowest BCUT2D eigenvalue weighted by Crippen LogP contribution is -2.21. The summed E-state index contributed by atoms with van der Waals surface area (Å²) in [6.45, 7) is 2.77. The average molecular weight is 326 g/mol. The van der Waals surface area contributed by atoms with E-state index in [1.807, 2.05) is 18.2 Å². The number of halogens is 2. The molecule has 0 fully saturated rings. The van der Waals surface area contributed by atoms with E-state index >= 15 is 0 Å². The molecule has 0 heterocycles. The Kier molecular flexibility index (Phi) is 4.98. The van der Waals surface area contributed by atoms with Crippen LogP contribution >= 0.6 is 34.2 Å². The van der Waals surface area contributed by atoms with Crippen molar-refractivity contribution >= 4 is 39.9 Å². The number of nitrogens with one attached hydrogen (secondary N) is 1. The summed E-state index contributed by atoms with van der Waals surface area (Å²) < 4.78 is 6.17. The van der Waals surface area contributed by atoms with Crippen LogP contribution in [0, 0.1) is 3.57 Å². The molecule has 0 spiro atoms. The Bertz CT molecular complexity index is 306. The maximum absolute atomic E-state index is 5.86. The summed E-state index contributed by atoms with van der Waals surface area (Å²) in [4.78, 5) is 0. The highest BCUT2D eigenvalue weighted by atomic mass is 127. The van der Waals surface area contributed by atoms with Gasteiger partial charge in [0, 0.05) is 27.4 Å². The highest BCUT2D eigenvalue weighted by Gasteiger charge is 2.04. The van der Waals surface area contributed by atoms with Gasteiger partial charge in [-0.25, -0.2) is 0 Å². The van der Waals surface area contributed by atoms with Crippen molar-refractivity contribution in [2.45, 2.75) is 13.0 Å². The molecule has 0 aliphatic rings. The van der Waals surface area contributed by atoms with Crippen molar-refractivity contribution in [1.29, 1.82) is 0 Å². The third-order valence-electron chi connectivity index (χ3n) is 1.75. The van der Waals surface area contributed by atoms with E-state index in [4.69, 9.17) is 16.3 Å². The topological polar surface area (TPSA) is 21.3 Å². The zero-order chi connectivity index (χ0) is 10.6. The summed E-state index contributed by atoms with van der Waals surface area (Å²) in [5.41, 5.74) is 1.10. The van der Waals surface area contributed by atoms with Gasteiger partial charge in [-0.05, 0) is 47.7 Å². The van der Waals surface area contributed by atoms with E-state index < -0.39 is 0 Å². The monoisotopic (exact) mass is 325 g/mol. The molecule has 4 heteroatoms. The number of anilines is 1. The predicted molar refractivity (Wildman–Crippen MR) is 69.1 cm³/mol. The first kappa shape index (κ1) is 12.1. The largest absolute Gasteiger partial charge is 0.383 e. The molecule has 1 aromatic carbocycles. The molecule has 0 radical (unpaired) electrons. The Labute approximate surface area is 103 Å². The summed E-state index contributed by atoms with van der Waals surface area (Å²) in [5.74, 6) is 0. The summed E-state index contributed by atoms with van der Waals surface area (Å²) >= 11 is 8.12. The second-order valence-corrected chi connectivity index (χ2v) is 4.72. The highest BCUT2D eigenvalue weighted by molar-refractivity contribution is 14.1. The lowest BCUT2D eigenvalue weighted by molar-refractivity contribution is 0.190. The Morgan fingerprint density at radius 1 is 1.57 bits per heavy atom. The third-order valence-corrected chi connectivity index (χ3v) is 2.88. The fraction of sp³-hybridized carbons (Fsp3) is 0.400. The van der Waals surface area contributed by atoms with Crippen LogP contribution in [0.3, 0.4) is 0 Å². The molecule has 0 amide bonds. The minimum Gasteiger partial charge on any atom is -0.383 e. The van der Waals surface area contributed by atoms with Crippen LogP contribution in [0.4, 0.5) is 5.69 Å². The van der Waals surface area contributed by atoms with Crippen LogP contribution in [-0.2, 0) is 4.74 Å². The first-order chi connectivity index (χ1) is 6.63. The fourth-order valence-electron chi connectivity index (χ4n) is 1.16. The van der Waals surface area contributed by atoms with Crippen molar-refractivity contribution < 1.29 is 4.74 Å². The molecule has 1 rings (SSSR count). The van der Waals surface area contributed by atoms with E-state index in [1.165, 1.54) is 0 Å². The number of hydrogen-bond donors (Lipinski definition) is 1. The maximum Gasteiger partial charge on any atom is 0.0661 e. The van der Waals surface area contributed by atoms with Crippen LogP contribution < -0.4 is 5.32 Å². The van der Waals surface area contributed by atoms with Gasteiger partial charge in [0.2, 0.25) is 0 Å². The van der Waals surface area contributed by atoms with Crippen molar-refractivity contribution in [1.82, 2.24) is 0 Å². The summed E-state index contributed by atoms with van der Waals surface area (Å²) in [6.07, 6.45) is 0. The van der Waals surface area contributed by atoms with Crippen LogP contribution in [0.1, 0.15) is 6.92 Å². The van der Waals surface area contributed by atoms with Crippen molar-refractivity contribution in [2.24, 2.45) is 0 Å². The van der Waals surface area contributed by atoms with E-state index in [1.54, 1.807) is 7.11 Å². The molecular formula is C10H13ClINO. The molecule has 14 heavy (non-hydrogen) atoms.